The Morgan fingerprint density at radius 3 is 2.35 bits per heavy atom. The molecule has 2 aromatic carbocycles. The van der Waals surface area contributed by atoms with Crippen LogP contribution in [0.15, 0.2) is 54.6 Å². The van der Waals surface area contributed by atoms with Crippen molar-refractivity contribution in [1.82, 2.24) is 15.2 Å². The molecular weight excluding hydrogens is 621 g/mol. The number of hydrogen-bond acceptors (Lipinski definition) is 5. The Kier molecular flexibility index (Phi) is 9.65. The minimum Gasteiger partial charge on any atom is -0.492 e. The maximum atomic E-state index is 14.0. The molecule has 8 rings (SSSR count). The first-order valence-electron chi connectivity index (χ1n) is 16.6. The Labute approximate surface area is 282 Å². The molecule has 1 saturated heterocycles. The van der Waals surface area contributed by atoms with E-state index in [2.05, 4.69) is 29.3 Å². The molecule has 46 heavy (non-hydrogen) atoms. The van der Waals surface area contributed by atoms with Crippen LogP contribution in [0, 0.1) is 30.6 Å². The Hall–Kier alpha value is -3.13. The van der Waals surface area contributed by atoms with Crippen molar-refractivity contribution in [2.75, 3.05) is 26.2 Å². The lowest BCUT2D eigenvalue weighted by atomic mass is 9.48. The standard InChI is InChI=1S/C37H42ClN3O4.ClH/c1-23-7-2-3-8-29(23)30-10-12-32(35(42)40-37(36(43)44)27-18-24-17-25(20-27)21-28(37)19-24)39-34(30)26-9-11-31(38)33(22-26)45-16-6-15-41-13-4-5-14-41;/h2-3,7-12,22,24-25,27-28H,4-6,13-21H2,1H3,(H,40,42)(H,43,44);1H. The summed E-state index contributed by atoms with van der Waals surface area (Å²) in [5.74, 6) is 0.319. The van der Waals surface area contributed by atoms with Crippen molar-refractivity contribution in [1.29, 1.82) is 0 Å². The molecule has 0 unspecified atom stereocenters. The second kappa shape index (κ2) is 13.5. The second-order valence-corrected chi connectivity index (χ2v) is 14.1. The van der Waals surface area contributed by atoms with Crippen molar-refractivity contribution in [3.8, 4) is 28.1 Å². The lowest BCUT2D eigenvalue weighted by Gasteiger charge is -2.59. The number of likely N-dealkylation sites (tertiary alicyclic amines) is 1. The van der Waals surface area contributed by atoms with Crippen molar-refractivity contribution in [2.45, 2.75) is 63.8 Å². The highest BCUT2D eigenvalue weighted by atomic mass is 35.5. The van der Waals surface area contributed by atoms with E-state index in [4.69, 9.17) is 21.3 Å². The zero-order valence-corrected chi connectivity index (χ0v) is 27.9. The van der Waals surface area contributed by atoms with Crippen LogP contribution in [0.2, 0.25) is 5.02 Å². The van der Waals surface area contributed by atoms with E-state index in [9.17, 15) is 14.7 Å². The molecule has 4 saturated carbocycles. The molecule has 1 aromatic heterocycles. The highest BCUT2D eigenvalue weighted by Gasteiger charge is 2.62. The van der Waals surface area contributed by atoms with Gasteiger partial charge in [-0.25, -0.2) is 9.78 Å². The molecule has 7 nitrogen and oxygen atoms in total. The molecule has 0 atom stereocenters. The van der Waals surface area contributed by atoms with E-state index < -0.39 is 17.4 Å². The first-order chi connectivity index (χ1) is 21.8. The van der Waals surface area contributed by atoms with E-state index in [0.717, 1.165) is 74.0 Å². The molecule has 4 bridgehead atoms. The number of amides is 1. The second-order valence-electron chi connectivity index (χ2n) is 13.7. The summed E-state index contributed by atoms with van der Waals surface area (Å²) in [5.41, 5.74) is 3.36. The lowest BCUT2D eigenvalue weighted by molar-refractivity contribution is -0.163. The first-order valence-corrected chi connectivity index (χ1v) is 17.0. The van der Waals surface area contributed by atoms with Crippen LogP contribution in [0.4, 0.5) is 0 Å². The van der Waals surface area contributed by atoms with Crippen LogP contribution in [0.1, 0.15) is 67.4 Å². The largest absolute Gasteiger partial charge is 0.492 e. The minimum absolute atomic E-state index is 0. The molecule has 244 valence electrons. The van der Waals surface area contributed by atoms with Gasteiger partial charge in [-0.3, -0.25) is 4.79 Å². The molecule has 4 aliphatic carbocycles. The van der Waals surface area contributed by atoms with Crippen molar-refractivity contribution in [3.63, 3.8) is 0 Å². The number of hydrogen-bond donors (Lipinski definition) is 2. The van der Waals surface area contributed by atoms with Gasteiger partial charge in [0.25, 0.3) is 5.91 Å². The maximum absolute atomic E-state index is 14.0. The van der Waals surface area contributed by atoms with Gasteiger partial charge in [-0.15, -0.1) is 12.4 Å². The summed E-state index contributed by atoms with van der Waals surface area (Å²) in [6.07, 6.45) is 8.13. The van der Waals surface area contributed by atoms with Crippen molar-refractivity contribution >= 4 is 35.9 Å². The number of ether oxygens (including phenoxy) is 1. The van der Waals surface area contributed by atoms with Crippen LogP contribution >= 0.6 is 24.0 Å². The molecule has 2 heterocycles. The number of rotatable bonds is 10. The van der Waals surface area contributed by atoms with Crippen LogP contribution in [0.25, 0.3) is 22.4 Å². The smallest absolute Gasteiger partial charge is 0.330 e. The van der Waals surface area contributed by atoms with Gasteiger partial charge in [0.05, 0.1) is 17.3 Å². The quantitative estimate of drug-likeness (QED) is 0.216. The third kappa shape index (κ3) is 6.14. The van der Waals surface area contributed by atoms with Crippen molar-refractivity contribution in [2.24, 2.45) is 23.7 Å². The number of pyridine rings is 1. The van der Waals surface area contributed by atoms with Gasteiger partial charge in [-0.2, -0.15) is 0 Å². The number of nitrogens with zero attached hydrogens (tertiary/aromatic N) is 2. The summed E-state index contributed by atoms with van der Waals surface area (Å²) >= 11 is 6.59. The molecular formula is C37H43Cl2N3O4. The van der Waals surface area contributed by atoms with E-state index in [1.807, 2.05) is 36.4 Å². The van der Waals surface area contributed by atoms with Gasteiger partial charge in [0, 0.05) is 17.7 Å². The number of carboxylic acids is 1. The van der Waals surface area contributed by atoms with Crippen LogP contribution in [-0.4, -0.2) is 58.6 Å². The monoisotopic (exact) mass is 663 g/mol. The molecule has 0 radical (unpaired) electrons. The van der Waals surface area contributed by atoms with Gasteiger partial charge in [-0.1, -0.05) is 41.9 Å². The summed E-state index contributed by atoms with van der Waals surface area (Å²) in [4.78, 5) is 34.3. The van der Waals surface area contributed by atoms with Crippen molar-refractivity contribution < 1.29 is 19.4 Å². The highest BCUT2D eigenvalue weighted by Crippen LogP contribution is 2.58. The van der Waals surface area contributed by atoms with E-state index in [1.54, 1.807) is 6.07 Å². The van der Waals surface area contributed by atoms with Gasteiger partial charge >= 0.3 is 5.97 Å². The topological polar surface area (TPSA) is 91.8 Å². The number of aromatic nitrogens is 1. The Morgan fingerprint density at radius 2 is 1.67 bits per heavy atom. The number of benzene rings is 2. The molecule has 5 aliphatic rings. The molecule has 5 fully saturated rings. The van der Waals surface area contributed by atoms with Gasteiger partial charge in [0.1, 0.15) is 17.0 Å². The predicted molar refractivity (Wildman–Crippen MR) is 183 cm³/mol. The third-order valence-electron chi connectivity index (χ3n) is 10.9. The number of aryl methyl sites for hydroxylation is 1. The average molecular weight is 665 g/mol. The summed E-state index contributed by atoms with van der Waals surface area (Å²) in [7, 11) is 0. The zero-order valence-electron chi connectivity index (χ0n) is 26.3. The molecule has 2 N–H and O–H groups in total. The third-order valence-corrected chi connectivity index (χ3v) is 11.3. The zero-order chi connectivity index (χ0) is 31.1. The fourth-order valence-electron chi connectivity index (χ4n) is 8.92. The summed E-state index contributed by atoms with van der Waals surface area (Å²) in [6.45, 7) is 5.93. The van der Waals surface area contributed by atoms with Gasteiger partial charge in [0.15, 0.2) is 0 Å². The van der Waals surface area contributed by atoms with Gasteiger partial charge < -0.3 is 20.1 Å². The summed E-state index contributed by atoms with van der Waals surface area (Å²) in [6, 6.07) is 17.4. The summed E-state index contributed by atoms with van der Waals surface area (Å²) < 4.78 is 6.17. The maximum Gasteiger partial charge on any atom is 0.330 e. The molecule has 3 aromatic rings. The Bertz CT molecular complexity index is 1580. The fourth-order valence-corrected chi connectivity index (χ4v) is 9.09. The van der Waals surface area contributed by atoms with Crippen LogP contribution in [0.5, 0.6) is 5.75 Å². The number of carbonyl (C=O) groups excluding carboxylic acids is 1. The van der Waals surface area contributed by atoms with Crippen molar-refractivity contribution in [3.05, 3.63) is 70.9 Å². The first kappa shape index (κ1) is 32.8. The number of carbonyl (C=O) groups is 2. The molecule has 9 heteroatoms. The van der Waals surface area contributed by atoms with Crippen LogP contribution in [-0.2, 0) is 4.79 Å². The van der Waals surface area contributed by atoms with Gasteiger partial charge in [-0.05, 0) is 130 Å². The molecule has 1 aliphatic heterocycles. The lowest BCUT2D eigenvalue weighted by Crippen LogP contribution is -2.70. The molecule has 1 amide bonds. The molecule has 0 spiro atoms. The number of nitrogens with one attached hydrogen (secondary N) is 1. The van der Waals surface area contributed by atoms with Crippen LogP contribution in [0.3, 0.4) is 0 Å². The average Bonchev–Trinajstić information content (AvgIpc) is 3.55. The Balaban J connectivity index is 0.00000372. The fraction of sp³-hybridized carbons (Fsp3) is 0.486. The van der Waals surface area contributed by atoms with Crippen LogP contribution < -0.4 is 10.1 Å². The minimum atomic E-state index is -1.24. The Morgan fingerprint density at radius 1 is 0.978 bits per heavy atom. The van der Waals surface area contributed by atoms with Gasteiger partial charge in [0.2, 0.25) is 0 Å². The summed E-state index contributed by atoms with van der Waals surface area (Å²) in [5, 5.41) is 14.2. The predicted octanol–water partition coefficient (Wildman–Crippen LogP) is 7.67. The number of halogens is 2. The van der Waals surface area contributed by atoms with E-state index in [-0.39, 0.29) is 29.9 Å². The highest BCUT2D eigenvalue weighted by molar-refractivity contribution is 6.32. The van der Waals surface area contributed by atoms with E-state index in [0.29, 0.717) is 34.9 Å². The van der Waals surface area contributed by atoms with E-state index in [1.165, 1.54) is 19.3 Å². The number of carboxylic acid groups (broad SMARTS) is 1. The van der Waals surface area contributed by atoms with E-state index >= 15 is 0 Å². The normalized spacial score (nSPS) is 26.5. The number of aliphatic carboxylic acids is 1. The SMILES string of the molecule is Cc1ccccc1-c1ccc(C(=O)NC2(C(=O)O)C3CC4CC(C3)CC2C4)nc1-c1ccc(Cl)c(OCCCN2CCCC2)c1.Cl.